The molecule has 19 heavy (non-hydrogen) atoms. The summed E-state index contributed by atoms with van der Waals surface area (Å²) in [6.07, 6.45) is 1.41. The standard InChI is InChI=1S/C17H19NO/c1-13(18-11-9-15(19)10-12-18)16-8-4-6-14-5-2-3-7-17(14)16/h2-8,13H,9-12H2,1H3/t13-/m1/s1. The molecule has 0 aliphatic carbocycles. The zero-order valence-electron chi connectivity index (χ0n) is 11.3. The molecule has 0 saturated carbocycles. The highest BCUT2D eigenvalue weighted by Crippen LogP contribution is 2.29. The molecular weight excluding hydrogens is 234 g/mol. The fourth-order valence-electron chi connectivity index (χ4n) is 2.97. The fourth-order valence-corrected chi connectivity index (χ4v) is 2.97. The molecular formula is C17H19NO. The maximum absolute atomic E-state index is 11.4. The number of benzene rings is 2. The largest absolute Gasteiger partial charge is 0.300 e. The third-order valence-electron chi connectivity index (χ3n) is 4.18. The van der Waals surface area contributed by atoms with Gasteiger partial charge in [-0.1, -0.05) is 42.5 Å². The lowest BCUT2D eigenvalue weighted by Gasteiger charge is -2.32. The Labute approximate surface area is 114 Å². The first-order valence-electron chi connectivity index (χ1n) is 6.99. The monoisotopic (exact) mass is 253 g/mol. The minimum Gasteiger partial charge on any atom is -0.300 e. The second kappa shape index (κ2) is 5.14. The van der Waals surface area contributed by atoms with Gasteiger partial charge in [-0.25, -0.2) is 0 Å². The second-order valence-corrected chi connectivity index (χ2v) is 5.32. The molecule has 2 nitrogen and oxygen atoms in total. The Balaban J connectivity index is 1.93. The first-order chi connectivity index (χ1) is 9.25. The summed E-state index contributed by atoms with van der Waals surface area (Å²) >= 11 is 0. The molecule has 1 aliphatic rings. The third kappa shape index (κ3) is 2.41. The van der Waals surface area contributed by atoms with Crippen molar-refractivity contribution in [3.05, 3.63) is 48.0 Å². The van der Waals surface area contributed by atoms with E-state index in [2.05, 4.69) is 54.3 Å². The molecule has 2 aromatic rings. The predicted octanol–water partition coefficient (Wildman–Crippen LogP) is 3.57. The average Bonchev–Trinajstić information content (AvgIpc) is 2.47. The molecule has 0 unspecified atom stereocenters. The van der Waals surface area contributed by atoms with Gasteiger partial charge in [0.05, 0.1) is 0 Å². The van der Waals surface area contributed by atoms with Crippen LogP contribution in [0.15, 0.2) is 42.5 Å². The zero-order chi connectivity index (χ0) is 13.2. The van der Waals surface area contributed by atoms with Crippen LogP contribution in [0.2, 0.25) is 0 Å². The smallest absolute Gasteiger partial charge is 0.135 e. The Hall–Kier alpha value is -1.67. The second-order valence-electron chi connectivity index (χ2n) is 5.32. The number of Topliss-reactive ketones (excluding diaryl/α,β-unsaturated/α-hetero) is 1. The van der Waals surface area contributed by atoms with Gasteiger partial charge in [0.15, 0.2) is 0 Å². The number of carbonyl (C=O) groups excluding carboxylic acids is 1. The average molecular weight is 253 g/mol. The van der Waals surface area contributed by atoms with E-state index in [0.717, 1.165) is 13.1 Å². The number of hydrogen-bond acceptors (Lipinski definition) is 2. The number of rotatable bonds is 2. The van der Waals surface area contributed by atoms with Crippen molar-refractivity contribution in [3.63, 3.8) is 0 Å². The topological polar surface area (TPSA) is 20.3 Å². The minimum atomic E-state index is 0.374. The Kier molecular flexibility index (Phi) is 3.34. The van der Waals surface area contributed by atoms with E-state index in [1.807, 2.05) is 0 Å². The summed E-state index contributed by atoms with van der Waals surface area (Å²) in [5, 5.41) is 2.62. The number of nitrogens with zero attached hydrogens (tertiary/aromatic N) is 1. The van der Waals surface area contributed by atoms with Crippen LogP contribution >= 0.6 is 0 Å². The van der Waals surface area contributed by atoms with E-state index in [0.29, 0.717) is 24.7 Å². The van der Waals surface area contributed by atoms with Crippen molar-refractivity contribution in [1.82, 2.24) is 4.90 Å². The van der Waals surface area contributed by atoms with Crippen molar-refractivity contribution in [2.24, 2.45) is 0 Å². The maximum Gasteiger partial charge on any atom is 0.135 e. The van der Waals surface area contributed by atoms with Crippen LogP contribution in [0.5, 0.6) is 0 Å². The Morgan fingerprint density at radius 2 is 1.68 bits per heavy atom. The highest BCUT2D eigenvalue weighted by molar-refractivity contribution is 5.86. The van der Waals surface area contributed by atoms with Gasteiger partial charge in [0, 0.05) is 32.0 Å². The molecule has 0 bridgehead atoms. The van der Waals surface area contributed by atoms with Crippen LogP contribution in [0.3, 0.4) is 0 Å². The van der Waals surface area contributed by atoms with E-state index in [-0.39, 0.29) is 0 Å². The summed E-state index contributed by atoms with van der Waals surface area (Å²) in [6.45, 7) is 4.03. The van der Waals surface area contributed by atoms with Crippen molar-refractivity contribution >= 4 is 16.6 Å². The highest BCUT2D eigenvalue weighted by atomic mass is 16.1. The van der Waals surface area contributed by atoms with Gasteiger partial charge in [0.25, 0.3) is 0 Å². The molecule has 3 rings (SSSR count). The van der Waals surface area contributed by atoms with Gasteiger partial charge in [-0.15, -0.1) is 0 Å². The van der Waals surface area contributed by atoms with E-state index in [1.54, 1.807) is 0 Å². The number of likely N-dealkylation sites (tertiary alicyclic amines) is 1. The summed E-state index contributed by atoms with van der Waals surface area (Å²) in [5.74, 6) is 0.404. The summed E-state index contributed by atoms with van der Waals surface area (Å²) in [6, 6.07) is 15.4. The molecule has 1 fully saturated rings. The first-order valence-corrected chi connectivity index (χ1v) is 6.99. The van der Waals surface area contributed by atoms with E-state index < -0.39 is 0 Å². The van der Waals surface area contributed by atoms with Crippen molar-refractivity contribution in [2.75, 3.05) is 13.1 Å². The molecule has 98 valence electrons. The SMILES string of the molecule is C[C@H](c1cccc2ccccc12)N1CCC(=O)CC1. The van der Waals surface area contributed by atoms with E-state index >= 15 is 0 Å². The predicted molar refractivity (Wildman–Crippen MR) is 78.2 cm³/mol. The molecule has 0 N–H and O–H groups in total. The van der Waals surface area contributed by atoms with Gasteiger partial charge in [-0.2, -0.15) is 0 Å². The van der Waals surface area contributed by atoms with Crippen molar-refractivity contribution < 1.29 is 4.79 Å². The van der Waals surface area contributed by atoms with Crippen molar-refractivity contribution in [1.29, 1.82) is 0 Å². The Morgan fingerprint density at radius 1 is 1.00 bits per heavy atom. The van der Waals surface area contributed by atoms with Crippen LogP contribution < -0.4 is 0 Å². The summed E-state index contributed by atoms with van der Waals surface area (Å²) in [7, 11) is 0. The van der Waals surface area contributed by atoms with Gasteiger partial charge in [-0.3, -0.25) is 9.69 Å². The molecule has 2 aromatic carbocycles. The molecule has 1 atom stereocenters. The minimum absolute atomic E-state index is 0.374. The number of carbonyl (C=O) groups is 1. The first kappa shape index (κ1) is 12.4. The lowest BCUT2D eigenvalue weighted by atomic mass is 9.97. The van der Waals surface area contributed by atoms with Crippen LogP contribution in [0, 0.1) is 0 Å². The Bertz CT molecular complexity index is 590. The van der Waals surface area contributed by atoms with Crippen LogP contribution in [0.4, 0.5) is 0 Å². The number of hydrogen-bond donors (Lipinski definition) is 0. The van der Waals surface area contributed by atoms with Crippen molar-refractivity contribution in [2.45, 2.75) is 25.8 Å². The molecule has 1 saturated heterocycles. The van der Waals surface area contributed by atoms with E-state index in [9.17, 15) is 4.79 Å². The number of piperidine rings is 1. The van der Waals surface area contributed by atoms with Gasteiger partial charge < -0.3 is 0 Å². The van der Waals surface area contributed by atoms with Gasteiger partial charge >= 0.3 is 0 Å². The summed E-state index contributed by atoms with van der Waals surface area (Å²) in [5.41, 5.74) is 1.37. The van der Waals surface area contributed by atoms with Crippen molar-refractivity contribution in [3.8, 4) is 0 Å². The zero-order valence-corrected chi connectivity index (χ0v) is 11.3. The van der Waals surface area contributed by atoms with Gasteiger partial charge in [0.1, 0.15) is 5.78 Å². The van der Waals surface area contributed by atoms with E-state index in [1.165, 1.54) is 16.3 Å². The lowest BCUT2D eigenvalue weighted by Crippen LogP contribution is -2.35. The number of fused-ring (bicyclic) bond motifs is 1. The molecule has 0 amide bonds. The van der Waals surface area contributed by atoms with E-state index in [4.69, 9.17) is 0 Å². The molecule has 0 aromatic heterocycles. The van der Waals surface area contributed by atoms with Crippen LogP contribution in [-0.2, 0) is 4.79 Å². The highest BCUT2D eigenvalue weighted by Gasteiger charge is 2.22. The molecule has 1 heterocycles. The Morgan fingerprint density at radius 3 is 2.47 bits per heavy atom. The van der Waals surface area contributed by atoms with Gasteiger partial charge in [-0.05, 0) is 23.3 Å². The fraction of sp³-hybridized carbons (Fsp3) is 0.353. The normalized spacial score (nSPS) is 18.7. The molecule has 0 spiro atoms. The van der Waals surface area contributed by atoms with Crippen LogP contribution in [0.1, 0.15) is 31.4 Å². The van der Waals surface area contributed by atoms with Gasteiger partial charge in [0.2, 0.25) is 0 Å². The van der Waals surface area contributed by atoms with Crippen LogP contribution in [-0.4, -0.2) is 23.8 Å². The van der Waals surface area contributed by atoms with Crippen LogP contribution in [0.25, 0.3) is 10.8 Å². The maximum atomic E-state index is 11.4. The third-order valence-corrected chi connectivity index (χ3v) is 4.18. The quantitative estimate of drug-likeness (QED) is 0.815. The summed E-state index contributed by atoms with van der Waals surface area (Å²) in [4.78, 5) is 13.8. The number of ketones is 1. The summed E-state index contributed by atoms with van der Waals surface area (Å²) < 4.78 is 0. The molecule has 0 radical (unpaired) electrons. The molecule has 1 aliphatic heterocycles. The molecule has 2 heteroatoms. The lowest BCUT2D eigenvalue weighted by molar-refractivity contribution is -0.121.